The van der Waals surface area contributed by atoms with Gasteiger partial charge in [0.15, 0.2) is 12.5 Å². The van der Waals surface area contributed by atoms with Crippen LogP contribution in [0, 0.1) is 0 Å². The van der Waals surface area contributed by atoms with Crippen LogP contribution in [0.1, 0.15) is 32.6 Å². The number of hydrogen-bond acceptors (Lipinski definition) is 4. The van der Waals surface area contributed by atoms with E-state index in [4.69, 9.17) is 21.7 Å². The van der Waals surface area contributed by atoms with E-state index in [9.17, 15) is 0 Å². The van der Waals surface area contributed by atoms with Crippen molar-refractivity contribution in [2.45, 2.75) is 32.6 Å². The molecule has 0 saturated carbocycles. The predicted molar refractivity (Wildman–Crippen MR) is 67.2 cm³/mol. The van der Waals surface area contributed by atoms with Gasteiger partial charge in [-0.25, -0.2) is 0 Å². The van der Waals surface area contributed by atoms with E-state index >= 15 is 0 Å². The summed E-state index contributed by atoms with van der Waals surface area (Å²) in [6, 6.07) is 0. The average molecular weight is 288 g/mol. The molecule has 0 aromatic heterocycles. The summed E-state index contributed by atoms with van der Waals surface area (Å²) in [6.45, 7) is 6.55. The van der Waals surface area contributed by atoms with Crippen molar-refractivity contribution in [3.8, 4) is 0 Å². The molecule has 2 N–H and O–H groups in total. The van der Waals surface area contributed by atoms with Gasteiger partial charge in [-0.1, -0.05) is 13.3 Å². The Morgan fingerprint density at radius 2 is 1.53 bits per heavy atom. The van der Waals surface area contributed by atoms with Gasteiger partial charge in [0.25, 0.3) is 0 Å². The summed E-state index contributed by atoms with van der Waals surface area (Å²) in [6.07, 6.45) is 5.69. The topological polar surface area (TPSA) is 91.7 Å². The maximum Gasteiger partial charge on any atom is 0.394 e. The SMILES string of the molecule is CCCC[N+]1(C)CCCC1.O=S.O=S(=O)(O)O. The maximum absolute atomic E-state index is 8.74. The lowest BCUT2D eigenvalue weighted by molar-refractivity contribution is -0.897. The molecule has 1 heterocycles. The van der Waals surface area contributed by atoms with Crippen molar-refractivity contribution >= 4 is 22.9 Å². The molecule has 104 valence electrons. The van der Waals surface area contributed by atoms with E-state index < -0.39 is 10.4 Å². The van der Waals surface area contributed by atoms with Crippen molar-refractivity contribution in [1.29, 1.82) is 0 Å². The number of quaternary nitrogens is 1. The number of unbranched alkanes of at least 4 members (excludes halogenated alkanes) is 1. The van der Waals surface area contributed by atoms with E-state index in [0.29, 0.717) is 0 Å². The maximum atomic E-state index is 8.74. The van der Waals surface area contributed by atoms with Crippen molar-refractivity contribution in [3.05, 3.63) is 0 Å². The molecule has 17 heavy (non-hydrogen) atoms. The van der Waals surface area contributed by atoms with Crippen LogP contribution in [0.15, 0.2) is 0 Å². The van der Waals surface area contributed by atoms with E-state index in [2.05, 4.69) is 26.5 Å². The molecule has 1 rings (SSSR count). The third-order valence-corrected chi connectivity index (χ3v) is 2.70. The standard InChI is InChI=1S/C9H20N.H2O4S.OS/c1-3-4-7-10(2)8-5-6-9-10;1-5(2,3)4;1-2/h3-9H2,1-2H3;(H2,1,2,3,4);/q+1;;. The Hall–Kier alpha value is -0.150. The minimum atomic E-state index is -4.67. The molecule has 1 aliphatic rings. The van der Waals surface area contributed by atoms with Crippen LogP contribution in [-0.4, -0.2) is 52.9 Å². The molecule has 0 amide bonds. The Bertz CT molecular complexity index is 267. The Balaban J connectivity index is 0. The third-order valence-electron chi connectivity index (χ3n) is 2.70. The van der Waals surface area contributed by atoms with Crippen LogP contribution < -0.4 is 0 Å². The average Bonchev–Trinajstić information content (AvgIpc) is 2.64. The smallest absolute Gasteiger partial charge is 0.326 e. The zero-order chi connectivity index (χ0) is 13.9. The molecule has 1 saturated heterocycles. The minimum Gasteiger partial charge on any atom is -0.326 e. The molecule has 0 spiro atoms. The van der Waals surface area contributed by atoms with Gasteiger partial charge in [-0.05, 0) is 6.42 Å². The zero-order valence-electron chi connectivity index (χ0n) is 10.3. The molecule has 1 aliphatic heterocycles. The Morgan fingerprint density at radius 3 is 1.82 bits per heavy atom. The van der Waals surface area contributed by atoms with E-state index in [1.807, 2.05) is 0 Å². The van der Waals surface area contributed by atoms with Crippen molar-refractivity contribution in [2.75, 3.05) is 26.7 Å². The Kier molecular flexibility index (Phi) is 11.1. The van der Waals surface area contributed by atoms with Crippen LogP contribution in [0.5, 0.6) is 0 Å². The van der Waals surface area contributed by atoms with Gasteiger partial charge in [0.2, 0.25) is 0 Å². The van der Waals surface area contributed by atoms with Crippen molar-refractivity contribution in [3.63, 3.8) is 0 Å². The first-order valence-corrected chi connectivity index (χ1v) is 7.20. The summed E-state index contributed by atoms with van der Waals surface area (Å²) in [4.78, 5) is 0. The van der Waals surface area contributed by atoms with E-state index in [1.54, 1.807) is 0 Å². The van der Waals surface area contributed by atoms with Gasteiger partial charge in [-0.3, -0.25) is 9.11 Å². The van der Waals surface area contributed by atoms with Crippen LogP contribution in [-0.2, 0) is 22.9 Å². The predicted octanol–water partition coefficient (Wildman–Crippen LogP) is 1.04. The first-order valence-electron chi connectivity index (χ1n) is 5.47. The summed E-state index contributed by atoms with van der Waals surface area (Å²) in [7, 11) is -2.26. The fourth-order valence-corrected chi connectivity index (χ4v) is 1.86. The lowest BCUT2D eigenvalue weighted by atomic mass is 10.3. The molecule has 0 aromatic rings. The van der Waals surface area contributed by atoms with Crippen LogP contribution in [0.25, 0.3) is 0 Å². The fraction of sp³-hybridized carbons (Fsp3) is 1.00. The highest BCUT2D eigenvalue weighted by Crippen LogP contribution is 2.16. The van der Waals surface area contributed by atoms with Gasteiger partial charge in [0.1, 0.15) is 0 Å². The molecular weight excluding hydrogens is 266 g/mol. The fourth-order valence-electron chi connectivity index (χ4n) is 1.86. The molecule has 0 bridgehead atoms. The summed E-state index contributed by atoms with van der Waals surface area (Å²) in [5.41, 5.74) is 0. The first kappa shape index (κ1) is 19.2. The molecule has 8 heteroatoms. The number of likely N-dealkylation sites (tertiary alicyclic amines) is 1. The molecule has 0 unspecified atom stereocenters. The molecule has 0 aliphatic carbocycles. The first-order chi connectivity index (χ1) is 7.77. The lowest BCUT2D eigenvalue weighted by Gasteiger charge is -2.28. The van der Waals surface area contributed by atoms with Gasteiger partial charge in [-0.15, -0.1) is 0 Å². The van der Waals surface area contributed by atoms with E-state index in [1.165, 1.54) is 49.8 Å². The molecule has 0 radical (unpaired) electrons. The van der Waals surface area contributed by atoms with Crippen LogP contribution in [0.3, 0.4) is 0 Å². The van der Waals surface area contributed by atoms with E-state index in [-0.39, 0.29) is 0 Å². The molecular formula is C9H22NO5S2+. The second-order valence-corrected chi connectivity index (χ2v) is 5.19. The van der Waals surface area contributed by atoms with E-state index in [0.717, 1.165) is 0 Å². The third kappa shape index (κ3) is 15.9. The number of nitrogens with zero attached hydrogens (tertiary/aromatic N) is 1. The van der Waals surface area contributed by atoms with Crippen LogP contribution in [0.2, 0.25) is 0 Å². The van der Waals surface area contributed by atoms with Crippen molar-refractivity contribution in [1.82, 2.24) is 0 Å². The second kappa shape index (κ2) is 9.84. The monoisotopic (exact) mass is 288 g/mol. The highest BCUT2D eigenvalue weighted by molar-refractivity contribution is 7.79. The molecule has 1 fully saturated rings. The second-order valence-electron chi connectivity index (χ2n) is 4.30. The van der Waals surface area contributed by atoms with Gasteiger partial charge >= 0.3 is 10.4 Å². The van der Waals surface area contributed by atoms with Crippen LogP contribution >= 0.6 is 0 Å². The van der Waals surface area contributed by atoms with Crippen LogP contribution in [0.4, 0.5) is 0 Å². The molecule has 0 aromatic carbocycles. The van der Waals surface area contributed by atoms with Gasteiger partial charge in [0, 0.05) is 12.8 Å². The highest BCUT2D eigenvalue weighted by atomic mass is 32.3. The molecule has 0 atom stereocenters. The van der Waals surface area contributed by atoms with Gasteiger partial charge < -0.3 is 4.48 Å². The normalized spacial score (nSPS) is 17.4. The summed E-state index contributed by atoms with van der Waals surface area (Å²) in [5.74, 6) is 0. The van der Waals surface area contributed by atoms with Crippen molar-refractivity contribution < 1.29 is 26.2 Å². The number of hydrogen-bond donors (Lipinski definition) is 2. The summed E-state index contributed by atoms with van der Waals surface area (Å²) >= 11 is 2.83. The lowest BCUT2D eigenvalue weighted by Crippen LogP contribution is -2.41. The zero-order valence-corrected chi connectivity index (χ0v) is 12.0. The summed E-state index contributed by atoms with van der Waals surface area (Å²) in [5, 5.41) is 0. The van der Waals surface area contributed by atoms with Gasteiger partial charge in [-0.2, -0.15) is 12.6 Å². The number of rotatable bonds is 3. The Labute approximate surface area is 109 Å². The quantitative estimate of drug-likeness (QED) is 0.595. The Morgan fingerprint density at radius 1 is 1.18 bits per heavy atom. The van der Waals surface area contributed by atoms with Gasteiger partial charge in [0.05, 0.1) is 26.7 Å². The largest absolute Gasteiger partial charge is 0.394 e. The summed E-state index contributed by atoms with van der Waals surface area (Å²) < 4.78 is 40.8. The molecule has 6 nitrogen and oxygen atoms in total. The van der Waals surface area contributed by atoms with Crippen molar-refractivity contribution in [2.24, 2.45) is 0 Å². The minimum absolute atomic E-state index is 1.36. The highest BCUT2D eigenvalue weighted by Gasteiger charge is 2.25.